The van der Waals surface area contributed by atoms with E-state index in [9.17, 15) is 5.11 Å². The predicted molar refractivity (Wildman–Crippen MR) is 44.0 cm³/mol. The van der Waals surface area contributed by atoms with E-state index in [0.717, 1.165) is 0 Å². The molecule has 0 aromatic carbocycles. The summed E-state index contributed by atoms with van der Waals surface area (Å²) in [6.07, 6.45) is 1.57. The quantitative estimate of drug-likeness (QED) is 0.802. The van der Waals surface area contributed by atoms with E-state index in [0.29, 0.717) is 11.3 Å². The fraction of sp³-hybridized carbons (Fsp3) is 0.667. The number of hydrogen-bond donors (Lipinski definition) is 1. The minimum atomic E-state index is -0.743. The van der Waals surface area contributed by atoms with E-state index in [2.05, 4.69) is 26.0 Å². The Morgan fingerprint density at radius 2 is 2.36 bits per heavy atom. The van der Waals surface area contributed by atoms with E-state index < -0.39 is 5.60 Å². The predicted octanol–water partition coefficient (Wildman–Crippen LogP) is 0.811. The van der Waals surface area contributed by atoms with Crippen LogP contribution < -0.4 is 0 Å². The first-order valence-corrected chi connectivity index (χ1v) is 4.04. The highest BCUT2D eigenvalue weighted by Gasteiger charge is 2.13. The average molecular weight is 220 g/mol. The van der Waals surface area contributed by atoms with Crippen molar-refractivity contribution in [3.8, 4) is 0 Å². The lowest BCUT2D eigenvalue weighted by atomic mass is 10.1. The Labute approximate surface area is 73.4 Å². The van der Waals surface area contributed by atoms with Crippen molar-refractivity contribution in [2.45, 2.75) is 26.0 Å². The smallest absolute Gasteiger partial charge is 0.217 e. The van der Waals surface area contributed by atoms with E-state index in [1.165, 1.54) is 0 Å². The molecule has 0 aliphatic carbocycles. The Morgan fingerprint density at radius 1 is 1.73 bits per heavy atom. The lowest BCUT2D eigenvalue weighted by Gasteiger charge is -2.15. The van der Waals surface area contributed by atoms with Crippen LogP contribution in [0.15, 0.2) is 11.1 Å². The van der Waals surface area contributed by atoms with Gasteiger partial charge in [0.05, 0.1) is 12.1 Å². The SMILES string of the molecule is CC(C)(O)Cn1cnc(Br)n1. The molecule has 0 unspecified atom stereocenters. The first-order chi connectivity index (χ1) is 4.97. The molecule has 0 radical (unpaired) electrons. The second kappa shape index (κ2) is 2.91. The molecule has 0 amide bonds. The molecule has 0 bridgehead atoms. The highest BCUT2D eigenvalue weighted by Crippen LogP contribution is 2.05. The first kappa shape index (κ1) is 8.67. The molecule has 0 saturated heterocycles. The van der Waals surface area contributed by atoms with Gasteiger partial charge in [-0.25, -0.2) is 9.67 Å². The van der Waals surface area contributed by atoms with E-state index in [4.69, 9.17) is 0 Å². The molecule has 0 aliphatic heterocycles. The van der Waals surface area contributed by atoms with Gasteiger partial charge in [-0.05, 0) is 29.8 Å². The normalized spacial score (nSPS) is 12.0. The van der Waals surface area contributed by atoms with Crippen LogP contribution in [0.5, 0.6) is 0 Å². The van der Waals surface area contributed by atoms with Crippen LogP contribution in [0.25, 0.3) is 0 Å². The molecule has 0 spiro atoms. The molecule has 0 aliphatic rings. The van der Waals surface area contributed by atoms with Crippen LogP contribution >= 0.6 is 15.9 Å². The Hall–Kier alpha value is -0.420. The van der Waals surface area contributed by atoms with Crippen LogP contribution in [0, 0.1) is 0 Å². The van der Waals surface area contributed by atoms with Crippen LogP contribution in [0.2, 0.25) is 0 Å². The van der Waals surface area contributed by atoms with Crippen molar-refractivity contribution in [3.05, 3.63) is 11.1 Å². The molecule has 5 heteroatoms. The third-order valence-corrected chi connectivity index (χ3v) is 1.42. The summed E-state index contributed by atoms with van der Waals surface area (Å²) in [5.41, 5.74) is -0.743. The van der Waals surface area contributed by atoms with Crippen LogP contribution in [0.3, 0.4) is 0 Å². The molecule has 11 heavy (non-hydrogen) atoms. The van der Waals surface area contributed by atoms with Gasteiger partial charge in [0.2, 0.25) is 4.73 Å². The van der Waals surface area contributed by atoms with Gasteiger partial charge in [0.15, 0.2) is 0 Å². The minimum absolute atomic E-state index is 0.450. The maximum atomic E-state index is 9.38. The van der Waals surface area contributed by atoms with E-state index in [1.807, 2.05) is 0 Å². The van der Waals surface area contributed by atoms with Crippen molar-refractivity contribution in [2.75, 3.05) is 0 Å². The number of aromatic nitrogens is 3. The lowest BCUT2D eigenvalue weighted by Crippen LogP contribution is -2.26. The van der Waals surface area contributed by atoms with Crippen molar-refractivity contribution in [2.24, 2.45) is 0 Å². The zero-order valence-electron chi connectivity index (χ0n) is 6.45. The Bertz CT molecular complexity index is 240. The van der Waals surface area contributed by atoms with Crippen molar-refractivity contribution in [1.29, 1.82) is 0 Å². The fourth-order valence-electron chi connectivity index (χ4n) is 0.745. The first-order valence-electron chi connectivity index (χ1n) is 3.25. The van der Waals surface area contributed by atoms with E-state index >= 15 is 0 Å². The van der Waals surface area contributed by atoms with Gasteiger partial charge in [0.1, 0.15) is 6.33 Å². The standard InChI is InChI=1S/C6H10BrN3O/c1-6(2,11)3-10-4-8-5(7)9-10/h4,11H,3H2,1-2H3. The summed E-state index contributed by atoms with van der Waals surface area (Å²) in [6, 6.07) is 0. The van der Waals surface area contributed by atoms with Gasteiger partial charge in [0.25, 0.3) is 0 Å². The monoisotopic (exact) mass is 219 g/mol. The minimum Gasteiger partial charge on any atom is -0.389 e. The maximum absolute atomic E-state index is 9.38. The Kier molecular flexibility index (Phi) is 2.29. The maximum Gasteiger partial charge on any atom is 0.217 e. The number of hydrogen-bond acceptors (Lipinski definition) is 3. The Morgan fingerprint density at radius 3 is 2.73 bits per heavy atom. The number of rotatable bonds is 2. The largest absolute Gasteiger partial charge is 0.389 e. The van der Waals surface area contributed by atoms with Crippen molar-refractivity contribution in [1.82, 2.24) is 14.8 Å². The zero-order valence-corrected chi connectivity index (χ0v) is 8.04. The molecule has 62 valence electrons. The van der Waals surface area contributed by atoms with Crippen molar-refractivity contribution >= 4 is 15.9 Å². The molecule has 0 atom stereocenters. The van der Waals surface area contributed by atoms with Gasteiger partial charge in [-0.15, -0.1) is 5.10 Å². The number of halogens is 1. The number of aliphatic hydroxyl groups is 1. The highest BCUT2D eigenvalue weighted by atomic mass is 79.9. The third kappa shape index (κ3) is 2.98. The van der Waals surface area contributed by atoms with Gasteiger partial charge in [-0.1, -0.05) is 0 Å². The summed E-state index contributed by atoms with van der Waals surface area (Å²) in [5, 5.41) is 13.3. The average Bonchev–Trinajstić information content (AvgIpc) is 2.10. The summed E-state index contributed by atoms with van der Waals surface area (Å²) < 4.78 is 2.13. The summed E-state index contributed by atoms with van der Waals surface area (Å²) in [6.45, 7) is 3.90. The highest BCUT2D eigenvalue weighted by molar-refractivity contribution is 9.10. The summed E-state index contributed by atoms with van der Waals surface area (Å²) in [4.78, 5) is 3.86. The number of nitrogens with zero attached hydrogens (tertiary/aromatic N) is 3. The lowest BCUT2D eigenvalue weighted by molar-refractivity contribution is 0.0575. The molecule has 1 aromatic rings. The zero-order chi connectivity index (χ0) is 8.48. The van der Waals surface area contributed by atoms with Crippen molar-refractivity contribution < 1.29 is 5.11 Å². The molecule has 0 fully saturated rings. The molecular formula is C6H10BrN3O. The third-order valence-electron chi connectivity index (χ3n) is 1.06. The molecule has 1 rings (SSSR count). The van der Waals surface area contributed by atoms with Gasteiger partial charge >= 0.3 is 0 Å². The summed E-state index contributed by atoms with van der Waals surface area (Å²) >= 11 is 3.11. The van der Waals surface area contributed by atoms with Crippen LogP contribution in [-0.4, -0.2) is 25.5 Å². The van der Waals surface area contributed by atoms with Crippen LogP contribution in [0.4, 0.5) is 0 Å². The fourth-order valence-corrected chi connectivity index (χ4v) is 1.04. The van der Waals surface area contributed by atoms with Crippen molar-refractivity contribution in [3.63, 3.8) is 0 Å². The summed E-state index contributed by atoms with van der Waals surface area (Å²) in [7, 11) is 0. The topological polar surface area (TPSA) is 50.9 Å². The van der Waals surface area contributed by atoms with Crippen LogP contribution in [0.1, 0.15) is 13.8 Å². The van der Waals surface area contributed by atoms with E-state index in [-0.39, 0.29) is 0 Å². The van der Waals surface area contributed by atoms with E-state index in [1.54, 1.807) is 24.9 Å². The van der Waals surface area contributed by atoms with Gasteiger partial charge in [-0.3, -0.25) is 0 Å². The van der Waals surface area contributed by atoms with Crippen LogP contribution in [-0.2, 0) is 6.54 Å². The second-order valence-corrected chi connectivity index (χ2v) is 3.73. The molecule has 0 saturated carbocycles. The van der Waals surface area contributed by atoms with Gasteiger partial charge in [-0.2, -0.15) is 0 Å². The molecule has 1 N–H and O–H groups in total. The van der Waals surface area contributed by atoms with Gasteiger partial charge < -0.3 is 5.11 Å². The molecular weight excluding hydrogens is 210 g/mol. The Balaban J connectivity index is 2.65. The molecule has 1 aromatic heterocycles. The second-order valence-electron chi connectivity index (χ2n) is 3.02. The summed E-state index contributed by atoms with van der Waals surface area (Å²) in [5.74, 6) is 0. The molecule has 1 heterocycles. The molecule has 4 nitrogen and oxygen atoms in total. The van der Waals surface area contributed by atoms with Gasteiger partial charge in [0, 0.05) is 0 Å².